The highest BCUT2D eigenvalue weighted by Crippen LogP contribution is 2.34. The Labute approximate surface area is 159 Å². The molecule has 0 N–H and O–H groups in total. The van der Waals surface area contributed by atoms with Gasteiger partial charge in [-0.1, -0.05) is 36.4 Å². The Bertz CT molecular complexity index is 771. The van der Waals surface area contributed by atoms with Crippen LogP contribution in [0.2, 0.25) is 0 Å². The highest BCUT2D eigenvalue weighted by Gasteiger charge is 2.36. The van der Waals surface area contributed by atoms with E-state index in [2.05, 4.69) is 0 Å². The zero-order chi connectivity index (χ0) is 19.8. The number of esters is 2. The first-order valence-corrected chi connectivity index (χ1v) is 8.66. The van der Waals surface area contributed by atoms with Crippen LogP contribution in [0.5, 0.6) is 11.5 Å². The second-order valence-corrected chi connectivity index (χ2v) is 5.89. The summed E-state index contributed by atoms with van der Waals surface area (Å²) in [6.07, 6.45) is -2.15. The molecule has 0 spiro atoms. The van der Waals surface area contributed by atoms with Crippen LogP contribution in [-0.2, 0) is 19.1 Å². The van der Waals surface area contributed by atoms with Crippen LogP contribution in [0, 0.1) is 6.92 Å². The van der Waals surface area contributed by atoms with Crippen LogP contribution < -0.4 is 9.47 Å². The first-order chi connectivity index (χ1) is 13.0. The largest absolute Gasteiger partial charge is 0.493 e. The molecule has 6 heteroatoms. The number of carbonyl (C=O) groups is 2. The molecule has 0 aromatic heterocycles. The Morgan fingerprint density at radius 3 is 2.33 bits per heavy atom. The Morgan fingerprint density at radius 2 is 1.74 bits per heavy atom. The number of benzene rings is 2. The van der Waals surface area contributed by atoms with Crippen LogP contribution in [0.1, 0.15) is 31.1 Å². The molecule has 0 fully saturated rings. The number of carbonyl (C=O) groups excluding carboxylic acids is 2. The number of ether oxygens (including phenoxy) is 4. The maximum absolute atomic E-state index is 12.5. The lowest BCUT2D eigenvalue weighted by Gasteiger charge is -2.27. The molecule has 2 atom stereocenters. The van der Waals surface area contributed by atoms with E-state index in [1.165, 1.54) is 14.0 Å². The minimum Gasteiger partial charge on any atom is -0.493 e. The van der Waals surface area contributed by atoms with Crippen LogP contribution in [0.15, 0.2) is 48.5 Å². The molecule has 27 heavy (non-hydrogen) atoms. The zero-order valence-corrected chi connectivity index (χ0v) is 15.9. The monoisotopic (exact) mass is 372 g/mol. The van der Waals surface area contributed by atoms with E-state index in [-0.39, 0.29) is 6.61 Å². The molecule has 2 rings (SSSR count). The minimum absolute atomic E-state index is 0.159. The first kappa shape index (κ1) is 20.3. The lowest BCUT2D eigenvalue weighted by Crippen LogP contribution is -2.37. The predicted molar refractivity (Wildman–Crippen MR) is 99.7 cm³/mol. The summed E-state index contributed by atoms with van der Waals surface area (Å²) < 4.78 is 21.9. The van der Waals surface area contributed by atoms with Gasteiger partial charge in [0.25, 0.3) is 0 Å². The third-order valence-electron chi connectivity index (χ3n) is 3.79. The molecule has 0 saturated heterocycles. The van der Waals surface area contributed by atoms with Crippen molar-refractivity contribution in [3.8, 4) is 11.5 Å². The van der Waals surface area contributed by atoms with Gasteiger partial charge in [0.2, 0.25) is 6.10 Å². The van der Waals surface area contributed by atoms with E-state index >= 15 is 0 Å². The number of aryl methyl sites for hydroxylation is 1. The van der Waals surface area contributed by atoms with E-state index in [0.29, 0.717) is 17.1 Å². The third kappa shape index (κ3) is 5.48. The molecule has 0 unspecified atom stereocenters. The summed E-state index contributed by atoms with van der Waals surface area (Å²) in [7, 11) is 1.54. The van der Waals surface area contributed by atoms with Crippen LogP contribution in [0.3, 0.4) is 0 Å². The Morgan fingerprint density at radius 1 is 1.04 bits per heavy atom. The van der Waals surface area contributed by atoms with E-state index in [9.17, 15) is 9.59 Å². The Hall–Kier alpha value is -3.02. The first-order valence-electron chi connectivity index (χ1n) is 8.66. The summed E-state index contributed by atoms with van der Waals surface area (Å²) in [5, 5.41) is 0. The number of hydrogen-bond acceptors (Lipinski definition) is 6. The molecule has 144 valence electrons. The zero-order valence-electron chi connectivity index (χ0n) is 15.9. The maximum atomic E-state index is 12.5. The molecule has 0 aliphatic rings. The van der Waals surface area contributed by atoms with Crippen molar-refractivity contribution in [2.24, 2.45) is 0 Å². The lowest BCUT2D eigenvalue weighted by molar-refractivity contribution is -0.173. The number of methoxy groups -OCH3 is 1. The fourth-order valence-corrected chi connectivity index (χ4v) is 2.59. The Balaban J connectivity index is 2.47. The maximum Gasteiger partial charge on any atom is 0.351 e. The number of rotatable bonds is 8. The quantitative estimate of drug-likeness (QED) is 0.659. The fourth-order valence-electron chi connectivity index (χ4n) is 2.59. The summed E-state index contributed by atoms with van der Waals surface area (Å²) >= 11 is 0. The van der Waals surface area contributed by atoms with Crippen molar-refractivity contribution in [3.05, 3.63) is 59.7 Å². The van der Waals surface area contributed by atoms with Gasteiger partial charge in [-0.15, -0.1) is 0 Å². The summed E-state index contributed by atoms with van der Waals surface area (Å²) in [6, 6.07) is 14.5. The second-order valence-electron chi connectivity index (χ2n) is 5.89. The van der Waals surface area contributed by atoms with Crippen LogP contribution in [-0.4, -0.2) is 31.8 Å². The van der Waals surface area contributed by atoms with Crippen molar-refractivity contribution in [2.45, 2.75) is 33.0 Å². The number of hydrogen-bond donors (Lipinski definition) is 0. The van der Waals surface area contributed by atoms with Gasteiger partial charge in [0.05, 0.1) is 13.7 Å². The van der Waals surface area contributed by atoms with Crippen molar-refractivity contribution >= 4 is 11.9 Å². The lowest BCUT2D eigenvalue weighted by atomic mass is 10.0. The molecular weight excluding hydrogens is 348 g/mol. The van der Waals surface area contributed by atoms with Crippen molar-refractivity contribution in [1.82, 2.24) is 0 Å². The molecule has 6 nitrogen and oxygen atoms in total. The van der Waals surface area contributed by atoms with Crippen molar-refractivity contribution in [1.29, 1.82) is 0 Å². The van der Waals surface area contributed by atoms with Gasteiger partial charge >= 0.3 is 11.9 Å². The summed E-state index contributed by atoms with van der Waals surface area (Å²) in [5.41, 5.74) is 1.66. The summed E-state index contributed by atoms with van der Waals surface area (Å²) in [6.45, 7) is 5.01. The smallest absolute Gasteiger partial charge is 0.351 e. The minimum atomic E-state index is -1.25. The summed E-state index contributed by atoms with van der Waals surface area (Å²) in [5.74, 6) is -0.333. The van der Waals surface area contributed by atoms with Gasteiger partial charge in [-0.05, 0) is 37.1 Å². The van der Waals surface area contributed by atoms with E-state index in [0.717, 1.165) is 5.56 Å². The van der Waals surface area contributed by atoms with Crippen molar-refractivity contribution < 1.29 is 28.5 Å². The van der Waals surface area contributed by atoms with Crippen molar-refractivity contribution in [3.63, 3.8) is 0 Å². The van der Waals surface area contributed by atoms with E-state index in [1.54, 1.807) is 25.1 Å². The fraction of sp³-hybridized carbons (Fsp3) is 0.333. The molecule has 0 aliphatic heterocycles. The third-order valence-corrected chi connectivity index (χ3v) is 3.79. The SMILES string of the molecule is CCOC(=O)[C@H](OC(C)=O)[C@@H](Oc1ccc(C)cc1OC)c1ccccc1. The molecule has 0 saturated carbocycles. The second kappa shape index (κ2) is 9.62. The van der Waals surface area contributed by atoms with Gasteiger partial charge < -0.3 is 18.9 Å². The molecule has 0 amide bonds. The topological polar surface area (TPSA) is 71.1 Å². The standard InChI is InChI=1S/C21H24O6/c1-5-25-21(23)20(26-15(3)22)19(16-9-7-6-8-10-16)27-17-12-11-14(2)13-18(17)24-4/h6-13,19-20H,5H2,1-4H3/t19-,20+/m0/s1. The van der Waals surface area contributed by atoms with Crippen molar-refractivity contribution in [2.75, 3.05) is 13.7 Å². The summed E-state index contributed by atoms with van der Waals surface area (Å²) in [4.78, 5) is 24.1. The van der Waals surface area contributed by atoms with E-state index in [1.807, 2.05) is 37.3 Å². The molecule has 0 radical (unpaired) electrons. The Kier molecular flexibility index (Phi) is 7.23. The molecule has 0 bridgehead atoms. The average molecular weight is 372 g/mol. The highest BCUT2D eigenvalue weighted by atomic mass is 16.6. The van der Waals surface area contributed by atoms with Crippen LogP contribution in [0.25, 0.3) is 0 Å². The molecular formula is C21H24O6. The van der Waals surface area contributed by atoms with Gasteiger partial charge in [0, 0.05) is 6.92 Å². The van der Waals surface area contributed by atoms with E-state index < -0.39 is 24.1 Å². The van der Waals surface area contributed by atoms with Gasteiger partial charge in [-0.2, -0.15) is 0 Å². The molecule has 0 heterocycles. The van der Waals surface area contributed by atoms with Gasteiger partial charge in [-0.25, -0.2) is 4.79 Å². The van der Waals surface area contributed by atoms with Crippen LogP contribution >= 0.6 is 0 Å². The average Bonchev–Trinajstić information content (AvgIpc) is 2.66. The highest BCUT2D eigenvalue weighted by molar-refractivity contribution is 5.79. The molecule has 0 aliphatic carbocycles. The van der Waals surface area contributed by atoms with Gasteiger partial charge in [-0.3, -0.25) is 4.79 Å². The van der Waals surface area contributed by atoms with Gasteiger partial charge in [0.1, 0.15) is 0 Å². The molecule has 2 aromatic carbocycles. The molecule has 2 aromatic rings. The predicted octanol–water partition coefficient (Wildman–Crippen LogP) is 3.62. The normalized spacial score (nSPS) is 12.6. The van der Waals surface area contributed by atoms with E-state index in [4.69, 9.17) is 18.9 Å². The van der Waals surface area contributed by atoms with Crippen LogP contribution in [0.4, 0.5) is 0 Å². The van der Waals surface area contributed by atoms with Gasteiger partial charge in [0.15, 0.2) is 17.6 Å².